The quantitative estimate of drug-likeness (QED) is 0.250. The summed E-state index contributed by atoms with van der Waals surface area (Å²) in [6, 6.07) is 9.65. The van der Waals surface area contributed by atoms with Crippen LogP contribution in [0.15, 0.2) is 47.0 Å². The Hall–Kier alpha value is -2.75. The van der Waals surface area contributed by atoms with E-state index in [-0.39, 0.29) is 23.2 Å². The highest BCUT2D eigenvalue weighted by molar-refractivity contribution is 6.01. The minimum Gasteiger partial charge on any atom is -0.505 e. The first-order valence-corrected chi connectivity index (χ1v) is 9.25. The van der Waals surface area contributed by atoms with E-state index in [4.69, 9.17) is 0 Å². The third-order valence-electron chi connectivity index (χ3n) is 4.79. The molecule has 0 aliphatic carbocycles. The monoisotopic (exact) mass is 367 g/mol. The van der Waals surface area contributed by atoms with E-state index in [1.165, 1.54) is 5.57 Å². The summed E-state index contributed by atoms with van der Waals surface area (Å²) in [6.07, 6.45) is 3.70. The number of phenols is 3. The highest BCUT2D eigenvalue weighted by Crippen LogP contribution is 2.50. The maximum absolute atomic E-state index is 10.9. The molecule has 4 heteroatoms. The molecular weight excluding hydrogens is 338 g/mol. The van der Waals surface area contributed by atoms with Gasteiger partial charge in [-0.2, -0.15) is 0 Å². The van der Waals surface area contributed by atoms with Crippen molar-refractivity contribution >= 4 is 11.4 Å². The van der Waals surface area contributed by atoms with Crippen LogP contribution in [0.3, 0.4) is 0 Å². The average Bonchev–Trinajstić information content (AvgIpc) is 2.64. The summed E-state index contributed by atoms with van der Waals surface area (Å²) in [6.45, 7) is 9.51. The zero-order valence-electron chi connectivity index (χ0n) is 16.7. The maximum atomic E-state index is 10.9. The summed E-state index contributed by atoms with van der Waals surface area (Å²) in [5.74, 6) is -0.677. The molecule has 0 aliphatic heterocycles. The summed E-state index contributed by atoms with van der Waals surface area (Å²) < 4.78 is 0. The number of hydrogen-bond acceptors (Lipinski definition) is 4. The first-order valence-electron chi connectivity index (χ1n) is 9.25. The fourth-order valence-corrected chi connectivity index (χ4v) is 3.12. The van der Waals surface area contributed by atoms with E-state index >= 15 is 0 Å². The van der Waals surface area contributed by atoms with Crippen LogP contribution in [0.5, 0.6) is 17.2 Å². The third-order valence-corrected chi connectivity index (χ3v) is 4.79. The Morgan fingerprint density at radius 2 is 1.63 bits per heavy atom. The van der Waals surface area contributed by atoms with Crippen molar-refractivity contribution in [3.05, 3.63) is 58.7 Å². The van der Waals surface area contributed by atoms with Crippen LogP contribution in [0, 0.1) is 6.92 Å². The topological polar surface area (TPSA) is 73.0 Å². The van der Waals surface area contributed by atoms with Gasteiger partial charge in [0.05, 0.1) is 0 Å². The van der Waals surface area contributed by atoms with Crippen molar-refractivity contribution in [1.29, 1.82) is 0 Å². The van der Waals surface area contributed by atoms with Crippen LogP contribution in [0.1, 0.15) is 63.1 Å². The van der Waals surface area contributed by atoms with Gasteiger partial charge in [-0.3, -0.25) is 0 Å². The van der Waals surface area contributed by atoms with Gasteiger partial charge in [0, 0.05) is 16.8 Å². The molecule has 0 saturated carbocycles. The second kappa shape index (κ2) is 8.76. The fourth-order valence-electron chi connectivity index (χ4n) is 3.12. The molecule has 0 fully saturated rings. The Labute approximate surface area is 161 Å². The lowest BCUT2D eigenvalue weighted by Crippen LogP contribution is -1.99. The molecule has 2 rings (SSSR count). The molecule has 2 aromatic carbocycles. The number of aromatic hydroxyl groups is 3. The molecule has 0 heterocycles. The Morgan fingerprint density at radius 3 is 2.22 bits per heavy atom. The summed E-state index contributed by atoms with van der Waals surface area (Å²) >= 11 is 0. The molecule has 144 valence electrons. The van der Waals surface area contributed by atoms with Gasteiger partial charge >= 0.3 is 0 Å². The van der Waals surface area contributed by atoms with Crippen molar-refractivity contribution in [3.8, 4) is 17.2 Å². The van der Waals surface area contributed by atoms with Crippen LogP contribution in [-0.4, -0.2) is 21.0 Å². The lowest BCUT2D eigenvalue weighted by molar-refractivity contribution is 0.382. The minimum atomic E-state index is -0.258. The Morgan fingerprint density at radius 1 is 1.00 bits per heavy atom. The molecule has 0 unspecified atom stereocenters. The fraction of sp³-hybridized carbons (Fsp3) is 0.348. The number of rotatable bonds is 6. The van der Waals surface area contributed by atoms with Crippen molar-refractivity contribution < 1.29 is 15.3 Å². The highest BCUT2D eigenvalue weighted by atomic mass is 16.3. The number of aliphatic imine (C=N–C) groups is 1. The number of allylic oxidation sites excluding steroid dienone is 2. The number of hydrogen-bond donors (Lipinski definition) is 3. The molecule has 0 aliphatic rings. The molecule has 2 aromatic rings. The van der Waals surface area contributed by atoms with Gasteiger partial charge in [0.1, 0.15) is 11.4 Å². The van der Waals surface area contributed by atoms with Crippen LogP contribution in [0.2, 0.25) is 0 Å². The lowest BCUT2D eigenvalue weighted by atomic mass is 9.91. The Balaban J connectivity index is 2.50. The molecule has 0 radical (unpaired) electrons. The van der Waals surface area contributed by atoms with Crippen LogP contribution in [0.4, 0.5) is 5.69 Å². The molecule has 0 aromatic heterocycles. The lowest BCUT2D eigenvalue weighted by Gasteiger charge is -2.19. The standard InChI is InChI=1S/C23H29NO3/c1-14(2)10-9-11-15(3)19-22(26)20(16(4)21(25)23(19)27)24-17(5)18-12-7-6-8-13-18/h6-8,10,12-13,15,25-27H,9,11H2,1-5H3/t15-/m1/s1. The van der Waals surface area contributed by atoms with Crippen molar-refractivity contribution in [2.24, 2.45) is 4.99 Å². The van der Waals surface area contributed by atoms with Crippen LogP contribution in [-0.2, 0) is 0 Å². The first kappa shape index (κ1) is 20.6. The van der Waals surface area contributed by atoms with Gasteiger partial charge in [-0.1, -0.05) is 48.9 Å². The maximum Gasteiger partial charge on any atom is 0.165 e. The SMILES string of the molecule is CC(C)=CCC[C@@H](C)c1c(O)c(O)c(C)c(N=C(C)c2ccccc2)c1O. The molecule has 0 spiro atoms. The smallest absolute Gasteiger partial charge is 0.165 e. The van der Waals surface area contributed by atoms with E-state index < -0.39 is 0 Å². The van der Waals surface area contributed by atoms with Crippen LogP contribution < -0.4 is 0 Å². The molecule has 27 heavy (non-hydrogen) atoms. The van der Waals surface area contributed by atoms with Crippen LogP contribution >= 0.6 is 0 Å². The zero-order valence-corrected chi connectivity index (χ0v) is 16.7. The van der Waals surface area contributed by atoms with Crippen molar-refractivity contribution in [2.45, 2.75) is 53.4 Å². The van der Waals surface area contributed by atoms with Gasteiger partial charge in [0.2, 0.25) is 0 Å². The summed E-state index contributed by atoms with van der Waals surface area (Å²) in [5.41, 5.74) is 3.89. The molecule has 0 saturated heterocycles. The molecule has 0 bridgehead atoms. The number of phenolic OH excluding ortho intramolecular Hbond substituents is 3. The second-order valence-electron chi connectivity index (χ2n) is 7.26. The third kappa shape index (κ3) is 4.70. The van der Waals surface area contributed by atoms with E-state index in [9.17, 15) is 15.3 Å². The molecule has 4 nitrogen and oxygen atoms in total. The predicted octanol–water partition coefficient (Wildman–Crippen LogP) is 6.10. The van der Waals surface area contributed by atoms with E-state index in [1.807, 2.05) is 58.0 Å². The summed E-state index contributed by atoms with van der Waals surface area (Å²) in [7, 11) is 0. The summed E-state index contributed by atoms with van der Waals surface area (Å²) in [4.78, 5) is 4.57. The van der Waals surface area contributed by atoms with E-state index in [2.05, 4.69) is 11.1 Å². The molecule has 1 atom stereocenters. The molecule has 3 N–H and O–H groups in total. The number of benzene rings is 2. The van der Waals surface area contributed by atoms with Crippen molar-refractivity contribution in [3.63, 3.8) is 0 Å². The van der Waals surface area contributed by atoms with E-state index in [0.29, 0.717) is 16.8 Å². The van der Waals surface area contributed by atoms with Gasteiger partial charge in [0.15, 0.2) is 11.5 Å². The highest BCUT2D eigenvalue weighted by Gasteiger charge is 2.24. The van der Waals surface area contributed by atoms with Gasteiger partial charge in [-0.05, 0) is 52.0 Å². The minimum absolute atomic E-state index is 0.0669. The van der Waals surface area contributed by atoms with Gasteiger partial charge in [-0.25, -0.2) is 4.99 Å². The van der Waals surface area contributed by atoms with Crippen molar-refractivity contribution in [1.82, 2.24) is 0 Å². The van der Waals surface area contributed by atoms with Gasteiger partial charge < -0.3 is 15.3 Å². The average molecular weight is 367 g/mol. The normalized spacial score (nSPS) is 12.7. The van der Waals surface area contributed by atoms with Gasteiger partial charge in [0.25, 0.3) is 0 Å². The molecular formula is C23H29NO3. The first-order chi connectivity index (χ1) is 12.7. The zero-order chi connectivity index (χ0) is 20.1. The Kier molecular flexibility index (Phi) is 6.67. The summed E-state index contributed by atoms with van der Waals surface area (Å²) in [5, 5.41) is 31.7. The van der Waals surface area contributed by atoms with E-state index in [1.54, 1.807) is 6.92 Å². The Bertz CT molecular complexity index is 863. The van der Waals surface area contributed by atoms with Crippen molar-refractivity contribution in [2.75, 3.05) is 0 Å². The van der Waals surface area contributed by atoms with Gasteiger partial charge in [-0.15, -0.1) is 0 Å². The second-order valence-corrected chi connectivity index (χ2v) is 7.26. The van der Waals surface area contributed by atoms with Crippen LogP contribution in [0.25, 0.3) is 0 Å². The largest absolute Gasteiger partial charge is 0.505 e. The number of nitrogens with zero attached hydrogens (tertiary/aromatic N) is 1. The molecule has 0 amide bonds. The predicted molar refractivity (Wildman–Crippen MR) is 112 cm³/mol. The van der Waals surface area contributed by atoms with E-state index in [0.717, 1.165) is 24.1 Å².